The van der Waals surface area contributed by atoms with Crippen LogP contribution in [0.1, 0.15) is 27.4 Å². The van der Waals surface area contributed by atoms with Crippen molar-refractivity contribution in [3.05, 3.63) is 64.2 Å². The van der Waals surface area contributed by atoms with Gasteiger partial charge in [0.2, 0.25) is 5.78 Å². The molecule has 0 saturated heterocycles. The maximum atomic E-state index is 13.2. The summed E-state index contributed by atoms with van der Waals surface area (Å²) in [6.45, 7) is 6.07. The first-order valence-corrected chi connectivity index (χ1v) is 10.1. The first-order chi connectivity index (χ1) is 13.7. The van der Waals surface area contributed by atoms with E-state index in [4.69, 9.17) is 0 Å². The van der Waals surface area contributed by atoms with Crippen molar-refractivity contribution in [2.24, 2.45) is 0 Å². The Hall–Kier alpha value is -2.84. The van der Waals surface area contributed by atoms with Crippen LogP contribution in [0, 0.1) is 26.6 Å². The van der Waals surface area contributed by atoms with Crippen molar-refractivity contribution in [3.63, 3.8) is 0 Å². The normalized spacial score (nSPS) is 12.0. The molecule has 0 aliphatic carbocycles. The van der Waals surface area contributed by atoms with Crippen molar-refractivity contribution >= 4 is 28.7 Å². The number of likely N-dealkylation sites (N-methyl/N-ethyl adjacent to an activating group) is 1. The molecule has 0 fully saturated rings. The van der Waals surface area contributed by atoms with Crippen molar-refractivity contribution < 1.29 is 18.9 Å². The van der Waals surface area contributed by atoms with Gasteiger partial charge in [0.15, 0.2) is 11.7 Å². The summed E-state index contributed by atoms with van der Waals surface area (Å²) in [6.07, 6.45) is 0. The maximum absolute atomic E-state index is 13.2. The van der Waals surface area contributed by atoms with Crippen molar-refractivity contribution in [3.8, 4) is 5.13 Å². The van der Waals surface area contributed by atoms with Gasteiger partial charge in [0.1, 0.15) is 12.4 Å². The summed E-state index contributed by atoms with van der Waals surface area (Å²) in [5.41, 5.74) is 3.77. The second-order valence-corrected chi connectivity index (χ2v) is 8.02. The Morgan fingerprint density at radius 1 is 1.21 bits per heavy atom. The average molecular weight is 416 g/mol. The number of ketones is 1. The lowest BCUT2D eigenvalue weighted by atomic mass is 10.1. The van der Waals surface area contributed by atoms with E-state index >= 15 is 0 Å². The summed E-state index contributed by atoms with van der Waals surface area (Å²) in [6, 6.07) is 7.60. The number of benzene rings is 1. The van der Waals surface area contributed by atoms with E-state index in [1.54, 1.807) is 13.1 Å². The molecule has 2 aromatic heterocycles. The average Bonchev–Trinajstić information content (AvgIpc) is 3.17. The zero-order chi connectivity index (χ0) is 21.1. The van der Waals surface area contributed by atoms with Crippen LogP contribution in [-0.2, 0) is 4.79 Å². The SMILES string of the molecule is Cc1csc(-n2c(C)cc(C(=O)C[NH+](C)CC(=O)Nc3cccc(F)c3)c2C)n1. The quantitative estimate of drug-likeness (QED) is 0.582. The van der Waals surface area contributed by atoms with Crippen LogP contribution in [0.25, 0.3) is 5.13 Å². The zero-order valence-electron chi connectivity index (χ0n) is 16.9. The molecule has 3 rings (SSSR count). The molecule has 8 heteroatoms. The Balaban J connectivity index is 1.65. The van der Waals surface area contributed by atoms with Gasteiger partial charge in [-0.1, -0.05) is 6.07 Å². The minimum Gasteiger partial charge on any atom is -0.323 e. The van der Waals surface area contributed by atoms with E-state index < -0.39 is 5.82 Å². The monoisotopic (exact) mass is 415 g/mol. The maximum Gasteiger partial charge on any atom is 0.279 e. The van der Waals surface area contributed by atoms with Gasteiger partial charge in [-0.15, -0.1) is 11.3 Å². The highest BCUT2D eigenvalue weighted by Gasteiger charge is 2.22. The summed E-state index contributed by atoms with van der Waals surface area (Å²) in [7, 11) is 1.78. The lowest BCUT2D eigenvalue weighted by Crippen LogP contribution is -3.11. The first kappa shape index (κ1) is 20.9. The fourth-order valence-electron chi connectivity index (χ4n) is 3.26. The number of nitrogens with one attached hydrogen (secondary N) is 2. The van der Waals surface area contributed by atoms with E-state index in [9.17, 15) is 14.0 Å². The first-order valence-electron chi connectivity index (χ1n) is 9.26. The van der Waals surface area contributed by atoms with Gasteiger partial charge in [0.25, 0.3) is 5.91 Å². The standard InChI is InChI=1S/C21H23FN4O2S/c1-13-12-29-21(23-13)26-14(2)8-18(15(26)3)19(27)10-25(4)11-20(28)24-17-7-5-6-16(22)9-17/h5-9,12H,10-11H2,1-4H3,(H,24,28)/p+1. The minimum absolute atomic E-state index is 0.0336. The number of aromatic nitrogens is 2. The van der Waals surface area contributed by atoms with Gasteiger partial charge in [0.05, 0.1) is 12.7 Å². The highest BCUT2D eigenvalue weighted by atomic mass is 32.1. The number of carbonyl (C=O) groups is 2. The molecule has 1 aromatic carbocycles. The molecule has 152 valence electrons. The third-order valence-corrected chi connectivity index (χ3v) is 5.51. The molecule has 0 radical (unpaired) electrons. The van der Waals surface area contributed by atoms with Gasteiger partial charge < -0.3 is 10.2 Å². The van der Waals surface area contributed by atoms with Gasteiger partial charge in [-0.3, -0.25) is 14.2 Å². The number of thiazole rings is 1. The van der Waals surface area contributed by atoms with E-state index in [2.05, 4.69) is 10.3 Å². The molecule has 2 N–H and O–H groups in total. The van der Waals surface area contributed by atoms with Crippen molar-refractivity contribution in [1.82, 2.24) is 9.55 Å². The van der Waals surface area contributed by atoms with Gasteiger partial charge >= 0.3 is 0 Å². The Labute approximate surface area is 173 Å². The lowest BCUT2D eigenvalue weighted by molar-refractivity contribution is -0.861. The van der Waals surface area contributed by atoms with Gasteiger partial charge in [0, 0.05) is 28.0 Å². The Morgan fingerprint density at radius 2 is 1.97 bits per heavy atom. The number of rotatable bonds is 7. The van der Waals surface area contributed by atoms with E-state index in [1.165, 1.54) is 29.5 Å². The minimum atomic E-state index is -0.413. The van der Waals surface area contributed by atoms with Crippen LogP contribution in [0.15, 0.2) is 35.7 Å². The van der Waals surface area contributed by atoms with E-state index in [0.29, 0.717) is 11.3 Å². The molecule has 0 bridgehead atoms. The fraction of sp³-hybridized carbons (Fsp3) is 0.286. The molecule has 0 spiro atoms. The summed E-state index contributed by atoms with van der Waals surface area (Å²) < 4.78 is 15.2. The van der Waals surface area contributed by atoms with Crippen LogP contribution < -0.4 is 10.2 Å². The predicted octanol–water partition coefficient (Wildman–Crippen LogP) is 2.33. The van der Waals surface area contributed by atoms with E-state index in [-0.39, 0.29) is 24.8 Å². The topological polar surface area (TPSA) is 68.4 Å². The molecular formula is C21H24FN4O2S+. The van der Waals surface area contributed by atoms with Crippen LogP contribution in [0.3, 0.4) is 0 Å². The third kappa shape index (κ3) is 4.96. The van der Waals surface area contributed by atoms with Crippen LogP contribution in [0.2, 0.25) is 0 Å². The second kappa shape index (κ2) is 8.67. The second-order valence-electron chi connectivity index (χ2n) is 7.18. The summed E-state index contributed by atoms with van der Waals surface area (Å²) in [5, 5.41) is 5.47. The van der Waals surface area contributed by atoms with Crippen LogP contribution >= 0.6 is 11.3 Å². The lowest BCUT2D eigenvalue weighted by Gasteiger charge is -2.13. The molecule has 3 aromatic rings. The van der Waals surface area contributed by atoms with Crippen LogP contribution in [-0.4, -0.2) is 41.4 Å². The molecule has 29 heavy (non-hydrogen) atoms. The highest BCUT2D eigenvalue weighted by molar-refractivity contribution is 7.12. The Kier molecular flexibility index (Phi) is 6.24. The highest BCUT2D eigenvalue weighted by Crippen LogP contribution is 2.23. The van der Waals surface area contributed by atoms with Gasteiger partial charge in [-0.2, -0.15) is 0 Å². The number of halogens is 1. The number of nitrogens with zero attached hydrogens (tertiary/aromatic N) is 2. The van der Waals surface area contributed by atoms with Gasteiger partial charge in [-0.05, 0) is 45.0 Å². The predicted molar refractivity (Wildman–Crippen MR) is 112 cm³/mol. The molecule has 2 heterocycles. The van der Waals surface area contributed by atoms with E-state index in [0.717, 1.165) is 27.1 Å². The smallest absolute Gasteiger partial charge is 0.279 e. The van der Waals surface area contributed by atoms with Crippen LogP contribution in [0.5, 0.6) is 0 Å². The zero-order valence-corrected chi connectivity index (χ0v) is 17.7. The molecule has 1 atom stereocenters. The number of carbonyl (C=O) groups excluding carboxylic acids is 2. The Morgan fingerprint density at radius 3 is 2.62 bits per heavy atom. The molecule has 0 aliphatic rings. The molecule has 1 unspecified atom stereocenters. The third-order valence-electron chi connectivity index (χ3n) is 4.56. The number of anilines is 1. The van der Waals surface area contributed by atoms with Crippen molar-refractivity contribution in [1.29, 1.82) is 0 Å². The number of hydrogen-bond acceptors (Lipinski definition) is 4. The van der Waals surface area contributed by atoms with E-state index in [1.807, 2.05) is 36.8 Å². The molecule has 0 aliphatic heterocycles. The number of quaternary nitrogens is 1. The summed E-state index contributed by atoms with van der Waals surface area (Å²) in [5.74, 6) is -0.720. The number of amides is 1. The molecule has 6 nitrogen and oxygen atoms in total. The van der Waals surface area contributed by atoms with Crippen molar-refractivity contribution in [2.75, 3.05) is 25.5 Å². The molecule has 1 amide bonds. The number of aryl methyl sites for hydroxylation is 2. The molecular weight excluding hydrogens is 391 g/mol. The largest absolute Gasteiger partial charge is 0.323 e. The van der Waals surface area contributed by atoms with Crippen LogP contribution in [0.4, 0.5) is 10.1 Å². The number of hydrogen-bond donors (Lipinski definition) is 2. The summed E-state index contributed by atoms with van der Waals surface area (Å²) >= 11 is 1.54. The number of Topliss-reactive ketones (excluding diaryl/α,β-unsaturated/α-hetero) is 1. The summed E-state index contributed by atoms with van der Waals surface area (Å²) in [4.78, 5) is 30.3. The fourth-order valence-corrected chi connectivity index (χ4v) is 4.17. The molecule has 0 saturated carbocycles. The van der Waals surface area contributed by atoms with Crippen molar-refractivity contribution in [2.45, 2.75) is 20.8 Å². The van der Waals surface area contributed by atoms with Gasteiger partial charge in [-0.25, -0.2) is 9.37 Å². The Bertz CT molecular complexity index is 1060.